The van der Waals surface area contributed by atoms with E-state index in [0.29, 0.717) is 29.5 Å². The van der Waals surface area contributed by atoms with Crippen molar-refractivity contribution in [2.75, 3.05) is 13.2 Å². The molecule has 5 heteroatoms. The summed E-state index contributed by atoms with van der Waals surface area (Å²) in [4.78, 5) is 0. The quantitative estimate of drug-likeness (QED) is 0.868. The predicted octanol–water partition coefficient (Wildman–Crippen LogP) is 1.97. The monoisotopic (exact) mass is 232 g/mol. The Kier molecular flexibility index (Phi) is 6.06. The standard InChI is InChI=1S/C9H9ClN2O.ClH/c10-9-2-1-8(13-4-3-11)5-7(9)6-12;/h1-2,5H,3-4,11H2;1H. The molecule has 0 aromatic heterocycles. The van der Waals surface area contributed by atoms with Crippen LogP contribution in [-0.2, 0) is 0 Å². The third-order valence-corrected chi connectivity index (χ3v) is 1.77. The van der Waals surface area contributed by atoms with Crippen molar-refractivity contribution in [3.8, 4) is 11.8 Å². The highest BCUT2D eigenvalue weighted by Crippen LogP contribution is 2.20. The topological polar surface area (TPSA) is 59.0 Å². The lowest BCUT2D eigenvalue weighted by Crippen LogP contribution is -2.10. The fraction of sp³-hybridized carbons (Fsp3) is 0.222. The molecular weight excluding hydrogens is 223 g/mol. The average molecular weight is 233 g/mol. The van der Waals surface area contributed by atoms with Gasteiger partial charge < -0.3 is 10.5 Å². The summed E-state index contributed by atoms with van der Waals surface area (Å²) >= 11 is 5.73. The molecule has 0 aliphatic heterocycles. The Balaban J connectivity index is 0.00000169. The minimum Gasteiger partial charge on any atom is -0.492 e. The van der Waals surface area contributed by atoms with Crippen molar-refractivity contribution in [2.24, 2.45) is 5.73 Å². The summed E-state index contributed by atoms with van der Waals surface area (Å²) in [5, 5.41) is 9.09. The van der Waals surface area contributed by atoms with Gasteiger partial charge in [0, 0.05) is 6.54 Å². The maximum Gasteiger partial charge on any atom is 0.120 e. The van der Waals surface area contributed by atoms with E-state index in [2.05, 4.69) is 0 Å². The number of hydrogen-bond acceptors (Lipinski definition) is 3. The lowest BCUT2D eigenvalue weighted by molar-refractivity contribution is 0.328. The van der Waals surface area contributed by atoms with Crippen molar-refractivity contribution in [1.82, 2.24) is 0 Å². The number of ether oxygens (including phenoxy) is 1. The van der Waals surface area contributed by atoms with Crippen LogP contribution in [0.15, 0.2) is 18.2 Å². The molecule has 0 bridgehead atoms. The molecule has 0 unspecified atom stereocenters. The Hall–Kier alpha value is -0.950. The average Bonchev–Trinajstić information content (AvgIpc) is 2.16. The van der Waals surface area contributed by atoms with Crippen LogP contribution >= 0.6 is 24.0 Å². The number of hydrogen-bond donors (Lipinski definition) is 1. The summed E-state index contributed by atoms with van der Waals surface area (Å²) in [5.74, 6) is 0.617. The highest BCUT2D eigenvalue weighted by molar-refractivity contribution is 6.31. The zero-order valence-corrected chi connectivity index (χ0v) is 8.94. The molecule has 76 valence electrons. The van der Waals surface area contributed by atoms with Crippen LogP contribution in [0, 0.1) is 11.3 Å². The lowest BCUT2D eigenvalue weighted by atomic mass is 10.2. The second-order valence-corrected chi connectivity index (χ2v) is 2.80. The highest BCUT2D eigenvalue weighted by atomic mass is 35.5. The van der Waals surface area contributed by atoms with Crippen LogP contribution in [0.2, 0.25) is 5.02 Å². The number of rotatable bonds is 3. The van der Waals surface area contributed by atoms with E-state index in [1.807, 2.05) is 6.07 Å². The summed E-state index contributed by atoms with van der Waals surface area (Å²) in [6, 6.07) is 6.90. The Morgan fingerprint density at radius 3 is 2.79 bits per heavy atom. The van der Waals surface area contributed by atoms with Gasteiger partial charge >= 0.3 is 0 Å². The minimum atomic E-state index is 0. The lowest BCUT2D eigenvalue weighted by Gasteiger charge is -2.04. The van der Waals surface area contributed by atoms with E-state index in [0.717, 1.165) is 0 Å². The molecular formula is C9H10Cl2N2O. The number of nitriles is 1. The molecule has 0 saturated carbocycles. The molecule has 1 rings (SSSR count). The predicted molar refractivity (Wildman–Crippen MR) is 58.0 cm³/mol. The van der Waals surface area contributed by atoms with E-state index in [4.69, 9.17) is 27.3 Å². The van der Waals surface area contributed by atoms with E-state index < -0.39 is 0 Å². The van der Waals surface area contributed by atoms with Crippen molar-refractivity contribution >= 4 is 24.0 Å². The first-order chi connectivity index (χ1) is 6.27. The van der Waals surface area contributed by atoms with Crippen molar-refractivity contribution < 1.29 is 4.74 Å². The molecule has 0 fully saturated rings. The molecule has 0 aliphatic rings. The van der Waals surface area contributed by atoms with Gasteiger partial charge in [0.15, 0.2) is 0 Å². The van der Waals surface area contributed by atoms with Crippen molar-refractivity contribution in [3.63, 3.8) is 0 Å². The van der Waals surface area contributed by atoms with Gasteiger partial charge in [-0.15, -0.1) is 12.4 Å². The number of nitrogens with zero attached hydrogens (tertiary/aromatic N) is 1. The molecule has 1 aromatic carbocycles. The van der Waals surface area contributed by atoms with Crippen LogP contribution in [0.1, 0.15) is 5.56 Å². The molecule has 1 aromatic rings. The van der Waals surface area contributed by atoms with E-state index in [1.165, 1.54) is 0 Å². The minimum absolute atomic E-state index is 0. The van der Waals surface area contributed by atoms with Crippen LogP contribution in [0.4, 0.5) is 0 Å². The van der Waals surface area contributed by atoms with Crippen molar-refractivity contribution in [3.05, 3.63) is 28.8 Å². The fourth-order valence-corrected chi connectivity index (χ4v) is 1.02. The van der Waals surface area contributed by atoms with Crippen LogP contribution < -0.4 is 10.5 Å². The van der Waals surface area contributed by atoms with Gasteiger partial charge in [0.1, 0.15) is 18.4 Å². The third kappa shape index (κ3) is 3.43. The highest BCUT2D eigenvalue weighted by Gasteiger charge is 2.00. The zero-order chi connectivity index (χ0) is 9.68. The summed E-state index contributed by atoms with van der Waals surface area (Å²) < 4.78 is 5.22. The molecule has 3 nitrogen and oxygen atoms in total. The van der Waals surface area contributed by atoms with Gasteiger partial charge in [-0.25, -0.2) is 0 Å². The van der Waals surface area contributed by atoms with Gasteiger partial charge in [0.25, 0.3) is 0 Å². The fourth-order valence-electron chi connectivity index (χ4n) is 0.857. The van der Waals surface area contributed by atoms with Crippen LogP contribution in [-0.4, -0.2) is 13.2 Å². The van der Waals surface area contributed by atoms with Crippen LogP contribution in [0.3, 0.4) is 0 Å². The Bertz CT molecular complexity index is 336. The number of halogens is 2. The Morgan fingerprint density at radius 2 is 2.21 bits per heavy atom. The summed E-state index contributed by atoms with van der Waals surface area (Å²) in [7, 11) is 0. The van der Waals surface area contributed by atoms with Gasteiger partial charge in [-0.3, -0.25) is 0 Å². The van der Waals surface area contributed by atoms with E-state index in [-0.39, 0.29) is 12.4 Å². The molecule has 14 heavy (non-hydrogen) atoms. The maximum absolute atomic E-state index is 8.65. The first kappa shape index (κ1) is 13.1. The Morgan fingerprint density at radius 1 is 1.50 bits per heavy atom. The van der Waals surface area contributed by atoms with E-state index in [1.54, 1.807) is 18.2 Å². The second-order valence-electron chi connectivity index (χ2n) is 2.39. The van der Waals surface area contributed by atoms with E-state index in [9.17, 15) is 0 Å². The molecule has 0 radical (unpaired) electrons. The number of nitrogens with two attached hydrogens (primary N) is 1. The number of benzene rings is 1. The van der Waals surface area contributed by atoms with Gasteiger partial charge in [-0.2, -0.15) is 5.26 Å². The second kappa shape index (κ2) is 6.50. The molecule has 0 spiro atoms. The van der Waals surface area contributed by atoms with Gasteiger partial charge in [-0.05, 0) is 18.2 Å². The third-order valence-electron chi connectivity index (χ3n) is 1.44. The van der Waals surface area contributed by atoms with Crippen LogP contribution in [0.5, 0.6) is 5.75 Å². The molecule has 2 N–H and O–H groups in total. The first-order valence-electron chi connectivity index (χ1n) is 3.80. The normalized spacial score (nSPS) is 8.64. The molecule has 0 saturated heterocycles. The summed E-state index contributed by atoms with van der Waals surface area (Å²) in [6.45, 7) is 0.886. The summed E-state index contributed by atoms with van der Waals surface area (Å²) in [5.41, 5.74) is 5.67. The van der Waals surface area contributed by atoms with Gasteiger partial charge in [0.05, 0.1) is 10.6 Å². The summed E-state index contributed by atoms with van der Waals surface area (Å²) in [6.07, 6.45) is 0. The largest absolute Gasteiger partial charge is 0.492 e. The SMILES string of the molecule is Cl.N#Cc1cc(OCCN)ccc1Cl. The molecule has 0 amide bonds. The first-order valence-corrected chi connectivity index (χ1v) is 4.18. The van der Waals surface area contributed by atoms with Crippen molar-refractivity contribution in [2.45, 2.75) is 0 Å². The van der Waals surface area contributed by atoms with Gasteiger partial charge in [-0.1, -0.05) is 11.6 Å². The van der Waals surface area contributed by atoms with Crippen molar-refractivity contribution in [1.29, 1.82) is 5.26 Å². The maximum atomic E-state index is 8.65. The smallest absolute Gasteiger partial charge is 0.120 e. The zero-order valence-electron chi connectivity index (χ0n) is 7.37. The van der Waals surface area contributed by atoms with E-state index >= 15 is 0 Å². The molecule has 0 atom stereocenters. The van der Waals surface area contributed by atoms with Crippen LogP contribution in [0.25, 0.3) is 0 Å². The Labute approximate surface area is 93.8 Å². The van der Waals surface area contributed by atoms with Gasteiger partial charge in [0.2, 0.25) is 0 Å². The molecule has 0 aliphatic carbocycles. The molecule has 0 heterocycles.